The number of aliphatic hydroxyl groups is 1. The highest BCUT2D eigenvalue weighted by Crippen LogP contribution is 2.36. The first-order valence-electron chi connectivity index (χ1n) is 7.99. The lowest BCUT2D eigenvalue weighted by Gasteiger charge is -2.15. The Balaban J connectivity index is 1.72. The summed E-state index contributed by atoms with van der Waals surface area (Å²) in [5.74, 6) is -0.181. The molecule has 22 heavy (non-hydrogen) atoms. The number of benzene rings is 2. The van der Waals surface area contributed by atoms with Crippen LogP contribution >= 0.6 is 0 Å². The Bertz CT molecular complexity index is 680. The molecular weight excluding hydrogens is 276 g/mol. The van der Waals surface area contributed by atoms with Crippen LogP contribution in [0.15, 0.2) is 30.3 Å². The van der Waals surface area contributed by atoms with E-state index in [1.54, 1.807) is 0 Å². The fourth-order valence-corrected chi connectivity index (χ4v) is 3.42. The van der Waals surface area contributed by atoms with E-state index in [1.807, 2.05) is 0 Å². The van der Waals surface area contributed by atoms with Crippen molar-refractivity contribution in [2.24, 2.45) is 0 Å². The molecule has 3 heteroatoms. The third-order valence-electron chi connectivity index (χ3n) is 4.61. The average Bonchev–Trinajstić information content (AvgIpc) is 2.96. The van der Waals surface area contributed by atoms with E-state index >= 15 is 0 Å². The zero-order valence-corrected chi connectivity index (χ0v) is 13.0. The number of methoxy groups -OCH3 is 1. The Morgan fingerprint density at radius 1 is 1.18 bits per heavy atom. The molecule has 1 aliphatic carbocycles. The maximum Gasteiger partial charge on any atom is 0.305 e. The van der Waals surface area contributed by atoms with E-state index < -0.39 is 6.10 Å². The molecule has 0 aliphatic heterocycles. The first-order valence-corrected chi connectivity index (χ1v) is 7.99. The summed E-state index contributed by atoms with van der Waals surface area (Å²) in [6, 6.07) is 10.6. The number of hydrogen-bond donors (Lipinski definition) is 1. The molecule has 0 bridgehead atoms. The summed E-state index contributed by atoms with van der Waals surface area (Å²) in [5, 5.41) is 13.1. The average molecular weight is 298 g/mol. The van der Waals surface area contributed by atoms with E-state index in [2.05, 4.69) is 35.1 Å². The van der Waals surface area contributed by atoms with Crippen molar-refractivity contribution >= 4 is 16.7 Å². The first-order chi connectivity index (χ1) is 10.7. The van der Waals surface area contributed by atoms with Crippen molar-refractivity contribution in [3.63, 3.8) is 0 Å². The highest BCUT2D eigenvalue weighted by atomic mass is 16.5. The molecule has 3 nitrogen and oxygen atoms in total. The van der Waals surface area contributed by atoms with Gasteiger partial charge in [0.1, 0.15) is 0 Å². The van der Waals surface area contributed by atoms with Gasteiger partial charge < -0.3 is 9.84 Å². The molecule has 0 saturated carbocycles. The number of aryl methyl sites for hydroxylation is 2. The number of esters is 1. The van der Waals surface area contributed by atoms with Crippen LogP contribution in [-0.2, 0) is 22.4 Å². The van der Waals surface area contributed by atoms with Crippen molar-refractivity contribution in [1.82, 2.24) is 0 Å². The summed E-state index contributed by atoms with van der Waals surface area (Å²) in [4.78, 5) is 11.1. The third kappa shape index (κ3) is 2.86. The van der Waals surface area contributed by atoms with Gasteiger partial charge in [0.25, 0.3) is 0 Å². The standard InChI is InChI=1S/C19H22O3/c1-22-18(21)8-3-2-7-17(20)15-12-11-14-10-9-13-5-4-6-16(15)19(13)14/h4-6,11-12,17,20H,2-3,7-10H2,1H3. The van der Waals surface area contributed by atoms with Gasteiger partial charge in [-0.2, -0.15) is 0 Å². The SMILES string of the molecule is COC(=O)CCCCC(O)c1ccc2c3c(cccc13)CC2. The number of carbonyl (C=O) groups is 1. The highest BCUT2D eigenvalue weighted by Gasteiger charge is 2.18. The van der Waals surface area contributed by atoms with Crippen LogP contribution < -0.4 is 0 Å². The minimum atomic E-state index is -0.470. The van der Waals surface area contributed by atoms with Crippen LogP contribution in [0.5, 0.6) is 0 Å². The fraction of sp³-hybridized carbons (Fsp3) is 0.421. The molecule has 0 radical (unpaired) electrons. The molecule has 0 saturated heterocycles. The van der Waals surface area contributed by atoms with Crippen LogP contribution in [-0.4, -0.2) is 18.2 Å². The summed E-state index contributed by atoms with van der Waals surface area (Å²) in [6.07, 6.45) is 4.41. The van der Waals surface area contributed by atoms with Crippen molar-refractivity contribution < 1.29 is 14.6 Å². The molecule has 0 heterocycles. The molecule has 1 N–H and O–H groups in total. The summed E-state index contributed by atoms with van der Waals surface area (Å²) in [7, 11) is 1.41. The van der Waals surface area contributed by atoms with Crippen LogP contribution in [0.25, 0.3) is 10.8 Å². The molecule has 1 unspecified atom stereocenters. The number of hydrogen-bond acceptors (Lipinski definition) is 3. The summed E-state index contributed by atoms with van der Waals surface area (Å²) >= 11 is 0. The van der Waals surface area contributed by atoms with Crippen molar-refractivity contribution in [2.75, 3.05) is 7.11 Å². The zero-order valence-electron chi connectivity index (χ0n) is 13.0. The van der Waals surface area contributed by atoms with Crippen molar-refractivity contribution in [3.8, 4) is 0 Å². The molecule has 3 rings (SSSR count). The van der Waals surface area contributed by atoms with Crippen LogP contribution in [0.2, 0.25) is 0 Å². The number of ether oxygens (including phenoxy) is 1. The predicted molar refractivity (Wildman–Crippen MR) is 86.8 cm³/mol. The van der Waals surface area contributed by atoms with Crippen LogP contribution in [0, 0.1) is 0 Å². The number of carbonyl (C=O) groups excluding carboxylic acids is 1. The Morgan fingerprint density at radius 3 is 2.73 bits per heavy atom. The van der Waals surface area contributed by atoms with E-state index in [0.717, 1.165) is 31.2 Å². The Kier molecular flexibility index (Phi) is 4.44. The lowest BCUT2D eigenvalue weighted by atomic mass is 9.94. The molecule has 0 aromatic heterocycles. The van der Waals surface area contributed by atoms with Gasteiger partial charge in [0.05, 0.1) is 13.2 Å². The number of unbranched alkanes of at least 4 members (excludes halogenated alkanes) is 1. The van der Waals surface area contributed by atoms with Gasteiger partial charge in [0.2, 0.25) is 0 Å². The number of rotatable bonds is 6. The fourth-order valence-electron chi connectivity index (χ4n) is 3.42. The Morgan fingerprint density at radius 2 is 1.95 bits per heavy atom. The highest BCUT2D eigenvalue weighted by molar-refractivity contribution is 5.93. The molecular formula is C19H22O3. The molecule has 1 aliphatic rings. The lowest BCUT2D eigenvalue weighted by Crippen LogP contribution is -2.02. The van der Waals surface area contributed by atoms with E-state index in [0.29, 0.717) is 12.8 Å². The lowest BCUT2D eigenvalue weighted by molar-refractivity contribution is -0.140. The largest absolute Gasteiger partial charge is 0.469 e. The van der Waals surface area contributed by atoms with Gasteiger partial charge in [-0.25, -0.2) is 0 Å². The molecule has 116 valence electrons. The first kappa shape index (κ1) is 15.0. The predicted octanol–water partition coefficient (Wildman–Crippen LogP) is 3.71. The summed E-state index contributed by atoms with van der Waals surface area (Å²) in [6.45, 7) is 0. The van der Waals surface area contributed by atoms with Gasteiger partial charge in [-0.15, -0.1) is 0 Å². The minimum absolute atomic E-state index is 0.181. The molecule has 1 atom stereocenters. The van der Waals surface area contributed by atoms with E-state index in [4.69, 9.17) is 0 Å². The molecule has 2 aromatic carbocycles. The second kappa shape index (κ2) is 6.49. The smallest absolute Gasteiger partial charge is 0.305 e. The molecule has 2 aromatic rings. The third-order valence-corrected chi connectivity index (χ3v) is 4.61. The van der Waals surface area contributed by atoms with Gasteiger partial charge in [0.15, 0.2) is 0 Å². The van der Waals surface area contributed by atoms with Crippen LogP contribution in [0.4, 0.5) is 0 Å². The maximum absolute atomic E-state index is 11.1. The normalized spacial score (nSPS) is 14.3. The quantitative estimate of drug-likeness (QED) is 0.653. The monoisotopic (exact) mass is 298 g/mol. The minimum Gasteiger partial charge on any atom is -0.469 e. The molecule has 0 spiro atoms. The van der Waals surface area contributed by atoms with Crippen LogP contribution in [0.3, 0.4) is 0 Å². The molecule has 0 amide bonds. The Hall–Kier alpha value is -1.87. The van der Waals surface area contributed by atoms with Gasteiger partial charge in [-0.3, -0.25) is 4.79 Å². The second-order valence-electron chi connectivity index (χ2n) is 5.99. The Labute approximate surface area is 130 Å². The zero-order chi connectivity index (χ0) is 15.5. The van der Waals surface area contributed by atoms with Gasteiger partial charge in [-0.1, -0.05) is 30.3 Å². The summed E-state index contributed by atoms with van der Waals surface area (Å²) < 4.78 is 4.63. The summed E-state index contributed by atoms with van der Waals surface area (Å²) in [5.41, 5.74) is 3.81. The van der Waals surface area contributed by atoms with E-state index in [9.17, 15) is 9.90 Å². The van der Waals surface area contributed by atoms with Crippen molar-refractivity contribution in [3.05, 3.63) is 47.0 Å². The maximum atomic E-state index is 11.1. The van der Waals surface area contributed by atoms with E-state index in [1.165, 1.54) is 29.0 Å². The van der Waals surface area contributed by atoms with Gasteiger partial charge >= 0.3 is 5.97 Å². The van der Waals surface area contributed by atoms with Gasteiger partial charge in [-0.05, 0) is 59.6 Å². The van der Waals surface area contributed by atoms with Crippen LogP contribution in [0.1, 0.15) is 48.5 Å². The number of aliphatic hydroxyl groups excluding tert-OH is 1. The van der Waals surface area contributed by atoms with Gasteiger partial charge in [0, 0.05) is 6.42 Å². The molecule has 0 fully saturated rings. The topological polar surface area (TPSA) is 46.5 Å². The van der Waals surface area contributed by atoms with Crippen molar-refractivity contribution in [2.45, 2.75) is 44.6 Å². The second-order valence-corrected chi connectivity index (χ2v) is 5.99. The van der Waals surface area contributed by atoms with E-state index in [-0.39, 0.29) is 5.97 Å². The van der Waals surface area contributed by atoms with Crippen molar-refractivity contribution in [1.29, 1.82) is 0 Å².